The number of rotatable bonds is 7. The number of nitrogens with zero attached hydrogens (tertiary/aromatic N) is 2. The maximum atomic E-state index is 11.7. The van der Waals surface area contributed by atoms with Crippen LogP contribution in [0.5, 0.6) is 0 Å². The Morgan fingerprint density at radius 3 is 2.71 bits per heavy atom. The van der Waals surface area contributed by atoms with Gasteiger partial charge in [-0.1, -0.05) is 30.3 Å². The fourth-order valence-corrected chi connectivity index (χ4v) is 4.75. The van der Waals surface area contributed by atoms with Crippen molar-refractivity contribution in [2.45, 2.75) is 38.8 Å². The van der Waals surface area contributed by atoms with Gasteiger partial charge in [-0.25, -0.2) is 4.79 Å². The van der Waals surface area contributed by atoms with E-state index in [0.29, 0.717) is 11.6 Å². The van der Waals surface area contributed by atoms with Crippen molar-refractivity contribution in [3.05, 3.63) is 89.3 Å². The van der Waals surface area contributed by atoms with E-state index in [1.54, 1.807) is 0 Å². The van der Waals surface area contributed by atoms with Gasteiger partial charge in [0.15, 0.2) is 0 Å². The zero-order valence-electron chi connectivity index (χ0n) is 18.3. The Bertz CT molecular complexity index is 1120. The van der Waals surface area contributed by atoms with Crippen LogP contribution < -0.4 is 0 Å². The Labute approximate surface area is 184 Å². The lowest BCUT2D eigenvalue weighted by Crippen LogP contribution is -2.31. The minimum absolute atomic E-state index is 0.304. The summed E-state index contributed by atoms with van der Waals surface area (Å²) in [6.07, 6.45) is 5.19. The second-order valence-corrected chi connectivity index (χ2v) is 8.18. The Morgan fingerprint density at radius 2 is 1.97 bits per heavy atom. The first kappa shape index (κ1) is 21.2. The number of carbonyl (C=O) groups excluding carboxylic acids is 1. The third-order valence-corrected chi connectivity index (χ3v) is 6.43. The summed E-state index contributed by atoms with van der Waals surface area (Å²) >= 11 is 0. The molecule has 0 spiro atoms. The molecule has 1 radical (unpaired) electrons. The summed E-state index contributed by atoms with van der Waals surface area (Å²) in [4.78, 5) is 14.2. The number of esters is 1. The van der Waals surface area contributed by atoms with E-state index in [1.807, 2.05) is 30.3 Å². The maximum absolute atomic E-state index is 11.7. The molecule has 1 aliphatic heterocycles. The number of likely N-dealkylation sites (tertiary alicyclic amines) is 1. The SMILES string of the molecule is [CH]=C=C[C@@H]1CCCN1CCn1c(C)c(Cc2ccc(C(=O)OC)cc2)c2ccccc21. The summed E-state index contributed by atoms with van der Waals surface area (Å²) in [7, 11) is 1.41. The first-order chi connectivity index (χ1) is 15.1. The lowest BCUT2D eigenvalue weighted by atomic mass is 10.0. The number of methoxy groups -OCH3 is 1. The maximum Gasteiger partial charge on any atom is 0.337 e. The van der Waals surface area contributed by atoms with Gasteiger partial charge in [-0.3, -0.25) is 4.90 Å². The van der Waals surface area contributed by atoms with Crippen molar-refractivity contribution in [3.8, 4) is 0 Å². The number of hydrogen-bond acceptors (Lipinski definition) is 3. The van der Waals surface area contributed by atoms with Crippen molar-refractivity contribution in [1.29, 1.82) is 0 Å². The smallest absolute Gasteiger partial charge is 0.337 e. The van der Waals surface area contributed by atoms with Gasteiger partial charge in [0.1, 0.15) is 0 Å². The van der Waals surface area contributed by atoms with E-state index in [-0.39, 0.29) is 5.97 Å². The molecule has 1 saturated heterocycles. The van der Waals surface area contributed by atoms with E-state index in [1.165, 1.54) is 41.3 Å². The largest absolute Gasteiger partial charge is 0.465 e. The second kappa shape index (κ2) is 9.38. The Balaban J connectivity index is 1.59. The van der Waals surface area contributed by atoms with Crippen LogP contribution in [0.2, 0.25) is 0 Å². The van der Waals surface area contributed by atoms with Crippen LogP contribution >= 0.6 is 0 Å². The van der Waals surface area contributed by atoms with Gasteiger partial charge in [0.2, 0.25) is 0 Å². The van der Waals surface area contributed by atoms with Crippen molar-refractivity contribution in [3.63, 3.8) is 0 Å². The Hall–Kier alpha value is -3.07. The molecule has 1 aromatic heterocycles. The molecular weight excluding hydrogens is 384 g/mol. The average molecular weight is 414 g/mol. The number of ether oxygens (including phenoxy) is 1. The predicted octanol–water partition coefficient (Wildman–Crippen LogP) is 4.94. The number of hydrogen-bond donors (Lipinski definition) is 0. The summed E-state index contributed by atoms with van der Waals surface area (Å²) in [5.41, 5.74) is 8.40. The molecule has 4 rings (SSSR count). The normalized spacial score (nSPS) is 16.4. The fraction of sp³-hybridized carbons (Fsp3) is 0.333. The lowest BCUT2D eigenvalue weighted by molar-refractivity contribution is 0.0600. The molecule has 4 heteroatoms. The third kappa shape index (κ3) is 4.36. The number of fused-ring (bicyclic) bond motifs is 1. The second-order valence-electron chi connectivity index (χ2n) is 8.18. The molecule has 0 saturated carbocycles. The highest BCUT2D eigenvalue weighted by Gasteiger charge is 2.22. The van der Waals surface area contributed by atoms with Gasteiger partial charge in [0, 0.05) is 35.7 Å². The zero-order chi connectivity index (χ0) is 21.8. The third-order valence-electron chi connectivity index (χ3n) is 6.43. The quantitative estimate of drug-likeness (QED) is 0.407. The average Bonchev–Trinajstić information content (AvgIpc) is 3.35. The molecule has 0 unspecified atom stereocenters. The molecule has 1 aliphatic rings. The van der Waals surface area contributed by atoms with Crippen LogP contribution in [0.1, 0.15) is 40.0 Å². The van der Waals surface area contributed by atoms with Crippen LogP contribution in [0.15, 0.2) is 60.3 Å². The Kier molecular flexibility index (Phi) is 6.41. The molecule has 0 bridgehead atoms. The molecule has 0 N–H and O–H groups in total. The van der Waals surface area contributed by atoms with Crippen molar-refractivity contribution in [1.82, 2.24) is 9.47 Å². The molecular formula is C27H29N2O2. The van der Waals surface area contributed by atoms with Crippen LogP contribution in [-0.2, 0) is 17.7 Å². The molecule has 31 heavy (non-hydrogen) atoms. The van der Waals surface area contributed by atoms with E-state index in [9.17, 15) is 4.79 Å². The molecule has 0 aliphatic carbocycles. The van der Waals surface area contributed by atoms with Gasteiger partial charge in [-0.2, -0.15) is 0 Å². The molecule has 159 valence electrons. The van der Waals surface area contributed by atoms with Crippen molar-refractivity contribution in [2.75, 3.05) is 20.2 Å². The van der Waals surface area contributed by atoms with Crippen molar-refractivity contribution < 1.29 is 9.53 Å². The number of para-hydroxylation sites is 1. The van der Waals surface area contributed by atoms with Crippen LogP contribution in [0.3, 0.4) is 0 Å². The summed E-state index contributed by atoms with van der Waals surface area (Å²) in [6, 6.07) is 16.7. The number of carbonyl (C=O) groups is 1. The highest BCUT2D eigenvalue weighted by molar-refractivity contribution is 5.89. The highest BCUT2D eigenvalue weighted by atomic mass is 16.5. The first-order valence-electron chi connectivity index (χ1n) is 10.9. The van der Waals surface area contributed by atoms with Gasteiger partial charge in [-0.05, 0) is 74.7 Å². The summed E-state index contributed by atoms with van der Waals surface area (Å²) in [5, 5.41) is 1.30. The van der Waals surface area contributed by atoms with Crippen LogP contribution in [0, 0.1) is 13.5 Å². The monoisotopic (exact) mass is 413 g/mol. The molecule has 2 heterocycles. The molecule has 0 amide bonds. The molecule has 4 nitrogen and oxygen atoms in total. The van der Waals surface area contributed by atoms with E-state index in [0.717, 1.165) is 32.5 Å². The topological polar surface area (TPSA) is 34.5 Å². The van der Waals surface area contributed by atoms with E-state index >= 15 is 0 Å². The molecule has 3 aromatic rings. The lowest BCUT2D eigenvalue weighted by Gasteiger charge is -2.22. The van der Waals surface area contributed by atoms with Crippen molar-refractivity contribution in [2.24, 2.45) is 0 Å². The van der Waals surface area contributed by atoms with Gasteiger partial charge in [0.25, 0.3) is 0 Å². The molecule has 2 aromatic carbocycles. The summed E-state index contributed by atoms with van der Waals surface area (Å²) in [6.45, 7) is 10.8. The number of benzene rings is 2. The predicted molar refractivity (Wildman–Crippen MR) is 124 cm³/mol. The standard InChI is InChI=1S/C27H29N2O2/c1-4-8-23-9-7-16-28(23)17-18-29-20(2)25(24-10-5-6-11-26(24)29)19-21-12-14-22(15-13-21)27(30)31-3/h1,5-6,8,10-15,23H,7,9,16-19H2,2-3H3/t4?,23-/m1/s1. The van der Waals surface area contributed by atoms with Crippen LogP contribution in [0.25, 0.3) is 10.9 Å². The van der Waals surface area contributed by atoms with Crippen LogP contribution in [0.4, 0.5) is 0 Å². The molecule has 1 atom stereocenters. The van der Waals surface area contributed by atoms with Gasteiger partial charge in [-0.15, -0.1) is 5.73 Å². The van der Waals surface area contributed by atoms with Crippen molar-refractivity contribution >= 4 is 16.9 Å². The van der Waals surface area contributed by atoms with E-state index < -0.39 is 0 Å². The zero-order valence-corrected chi connectivity index (χ0v) is 18.3. The summed E-state index contributed by atoms with van der Waals surface area (Å²) in [5.74, 6) is -0.304. The minimum atomic E-state index is -0.304. The Morgan fingerprint density at radius 1 is 1.19 bits per heavy atom. The van der Waals surface area contributed by atoms with Gasteiger partial charge in [0.05, 0.1) is 12.7 Å². The number of aromatic nitrogens is 1. The van der Waals surface area contributed by atoms with E-state index in [4.69, 9.17) is 11.3 Å². The molecule has 1 fully saturated rings. The first-order valence-corrected chi connectivity index (χ1v) is 10.9. The summed E-state index contributed by atoms with van der Waals surface area (Å²) < 4.78 is 7.25. The minimum Gasteiger partial charge on any atom is -0.465 e. The van der Waals surface area contributed by atoms with Gasteiger partial charge >= 0.3 is 5.97 Å². The van der Waals surface area contributed by atoms with E-state index in [2.05, 4.69) is 46.4 Å². The fourth-order valence-electron chi connectivity index (χ4n) is 4.75. The van der Waals surface area contributed by atoms with Gasteiger partial charge < -0.3 is 9.30 Å². The highest BCUT2D eigenvalue weighted by Crippen LogP contribution is 2.29. The van der Waals surface area contributed by atoms with Crippen LogP contribution in [-0.4, -0.2) is 41.7 Å².